The van der Waals surface area contributed by atoms with Gasteiger partial charge in [0.1, 0.15) is 0 Å². The van der Waals surface area contributed by atoms with Crippen molar-refractivity contribution >= 4 is 5.78 Å². The number of hydrogen-bond acceptors (Lipinski definition) is 3. The van der Waals surface area contributed by atoms with E-state index >= 15 is 0 Å². The molecule has 0 atom stereocenters. The molecule has 2 heterocycles. The summed E-state index contributed by atoms with van der Waals surface area (Å²) in [5.74, 6) is 0.444. The zero-order valence-corrected chi connectivity index (χ0v) is 9.94. The molecule has 96 valence electrons. The molecule has 1 aliphatic heterocycles. The van der Waals surface area contributed by atoms with Gasteiger partial charge >= 0.3 is 0 Å². The fraction of sp³-hybridized carbons (Fsp3) is 0.692. The van der Waals surface area contributed by atoms with E-state index in [-0.39, 0.29) is 19.1 Å². The highest BCUT2D eigenvalue weighted by Gasteiger charge is 2.23. The predicted molar refractivity (Wildman–Crippen MR) is 69.3 cm³/mol. The zero-order valence-electron chi connectivity index (χ0n) is 9.94. The minimum Gasteiger partial charge on any atom is -0.317 e. The average Bonchev–Trinajstić information content (AvgIpc) is 2.78. The maximum atomic E-state index is 12.2. The van der Waals surface area contributed by atoms with E-state index in [2.05, 4.69) is 24.3 Å². The van der Waals surface area contributed by atoms with Crippen LogP contribution in [0.15, 0.2) is 12.4 Å². The molecule has 4 nitrogen and oxygen atoms in total. The Hall–Kier alpha value is -1.16. The van der Waals surface area contributed by atoms with Crippen molar-refractivity contribution in [2.75, 3.05) is 13.1 Å². The number of Topliss-reactive ketones (excluding diaryl/α,β-unsaturated/α-hetero) is 1. The largest absolute Gasteiger partial charge is 0.317 e. The molecular weight excluding hydrogens is 214 g/mol. The second kappa shape index (κ2) is 5.96. The second-order valence-electron chi connectivity index (χ2n) is 4.69. The van der Waals surface area contributed by atoms with Crippen molar-refractivity contribution in [2.24, 2.45) is 5.92 Å². The Balaban J connectivity index is 0.00000144. The summed E-state index contributed by atoms with van der Waals surface area (Å²) in [6, 6.07) is 0.314. The Morgan fingerprint density at radius 1 is 1.47 bits per heavy atom. The Kier molecular flexibility index (Phi) is 4.87. The van der Waals surface area contributed by atoms with Gasteiger partial charge < -0.3 is 5.32 Å². The lowest BCUT2D eigenvalue weighted by molar-refractivity contribution is 0.0895. The quantitative estimate of drug-likeness (QED) is 0.820. The molecule has 0 aliphatic carbocycles. The van der Waals surface area contributed by atoms with Gasteiger partial charge in [-0.2, -0.15) is 5.10 Å². The van der Waals surface area contributed by atoms with E-state index in [9.17, 15) is 4.79 Å². The number of rotatable bonds is 3. The van der Waals surface area contributed by atoms with Crippen LogP contribution in [0.1, 0.15) is 50.5 Å². The lowest BCUT2D eigenvalue weighted by Crippen LogP contribution is -2.31. The van der Waals surface area contributed by atoms with Crippen LogP contribution < -0.4 is 5.32 Å². The smallest absolute Gasteiger partial charge is 0.169 e. The van der Waals surface area contributed by atoms with Crippen molar-refractivity contribution in [3.8, 4) is 0 Å². The van der Waals surface area contributed by atoms with E-state index in [1.54, 1.807) is 6.20 Å². The Morgan fingerprint density at radius 3 is 2.65 bits per heavy atom. The molecule has 4 heteroatoms. The number of nitrogens with zero attached hydrogens (tertiary/aromatic N) is 2. The summed E-state index contributed by atoms with van der Waals surface area (Å²) < 4.78 is 1.84. The van der Waals surface area contributed by atoms with Gasteiger partial charge in [0.15, 0.2) is 5.78 Å². The Morgan fingerprint density at radius 2 is 2.12 bits per heavy atom. The van der Waals surface area contributed by atoms with E-state index in [1.807, 2.05) is 10.9 Å². The first-order valence-electron chi connectivity index (χ1n) is 5.97. The van der Waals surface area contributed by atoms with Crippen LogP contribution in [-0.2, 0) is 0 Å². The number of aromatic nitrogens is 2. The van der Waals surface area contributed by atoms with E-state index < -0.39 is 0 Å². The van der Waals surface area contributed by atoms with Crippen LogP contribution in [0.2, 0.25) is 0 Å². The summed E-state index contributed by atoms with van der Waals surface area (Å²) in [6.45, 7) is 6.03. The van der Waals surface area contributed by atoms with Gasteiger partial charge in [0.05, 0.1) is 11.8 Å². The van der Waals surface area contributed by atoms with Gasteiger partial charge in [-0.25, -0.2) is 0 Å². The van der Waals surface area contributed by atoms with Crippen molar-refractivity contribution < 1.29 is 4.79 Å². The molecule has 2 rings (SSSR count). The third kappa shape index (κ3) is 3.16. The molecule has 0 bridgehead atoms. The van der Waals surface area contributed by atoms with Crippen molar-refractivity contribution in [3.05, 3.63) is 18.0 Å². The van der Waals surface area contributed by atoms with Crippen LogP contribution in [0, 0.1) is 5.92 Å². The molecule has 1 saturated heterocycles. The highest BCUT2D eigenvalue weighted by atomic mass is 16.1. The fourth-order valence-corrected chi connectivity index (χ4v) is 2.07. The molecule has 0 radical (unpaired) electrons. The van der Waals surface area contributed by atoms with Gasteiger partial charge in [-0.1, -0.05) is 7.43 Å². The van der Waals surface area contributed by atoms with E-state index in [0.717, 1.165) is 31.5 Å². The molecule has 0 saturated carbocycles. The number of piperidine rings is 1. The minimum absolute atomic E-state index is 0. The fourth-order valence-electron chi connectivity index (χ4n) is 2.07. The number of ketones is 1. The van der Waals surface area contributed by atoms with Crippen molar-refractivity contribution in [1.29, 1.82) is 0 Å². The zero-order chi connectivity index (χ0) is 11.5. The normalized spacial score (nSPS) is 16.9. The third-order valence-corrected chi connectivity index (χ3v) is 3.13. The molecule has 0 spiro atoms. The number of nitrogens with one attached hydrogen (secondary N) is 1. The van der Waals surface area contributed by atoms with Crippen molar-refractivity contribution in [2.45, 2.75) is 40.2 Å². The van der Waals surface area contributed by atoms with E-state index in [0.29, 0.717) is 6.04 Å². The molecule has 0 aromatic carbocycles. The van der Waals surface area contributed by atoms with Crippen LogP contribution in [-0.4, -0.2) is 28.7 Å². The van der Waals surface area contributed by atoms with Crippen LogP contribution >= 0.6 is 0 Å². The monoisotopic (exact) mass is 237 g/mol. The minimum atomic E-state index is 0. The van der Waals surface area contributed by atoms with E-state index in [4.69, 9.17) is 0 Å². The van der Waals surface area contributed by atoms with Gasteiger partial charge in [-0.15, -0.1) is 0 Å². The number of carbonyl (C=O) groups is 1. The van der Waals surface area contributed by atoms with Gasteiger partial charge in [0, 0.05) is 18.2 Å². The highest BCUT2D eigenvalue weighted by Crippen LogP contribution is 2.18. The number of hydrogen-bond donors (Lipinski definition) is 1. The third-order valence-electron chi connectivity index (χ3n) is 3.13. The van der Waals surface area contributed by atoms with Gasteiger partial charge in [-0.05, 0) is 39.8 Å². The molecular formula is C13H23N3O. The SMILES string of the molecule is C.CC(C)n1cc(C(=O)C2CCNCC2)cn1. The molecule has 1 aromatic rings. The van der Waals surface area contributed by atoms with Gasteiger partial charge in [0.25, 0.3) is 0 Å². The molecule has 1 aliphatic rings. The molecule has 1 fully saturated rings. The summed E-state index contributed by atoms with van der Waals surface area (Å²) in [6.07, 6.45) is 5.47. The standard InChI is InChI=1S/C12H19N3O.CH4/c1-9(2)15-8-11(7-14-15)12(16)10-3-5-13-6-4-10;/h7-10,13H,3-6H2,1-2H3;1H4. The molecule has 1 aromatic heterocycles. The molecule has 0 unspecified atom stereocenters. The van der Waals surface area contributed by atoms with Gasteiger partial charge in [0.2, 0.25) is 0 Å². The summed E-state index contributed by atoms with van der Waals surface area (Å²) in [5, 5.41) is 7.48. The van der Waals surface area contributed by atoms with Crippen LogP contribution in [0.4, 0.5) is 0 Å². The summed E-state index contributed by atoms with van der Waals surface area (Å²) in [4.78, 5) is 12.2. The maximum absolute atomic E-state index is 12.2. The van der Waals surface area contributed by atoms with Crippen LogP contribution in [0.25, 0.3) is 0 Å². The van der Waals surface area contributed by atoms with E-state index in [1.165, 1.54) is 0 Å². The van der Waals surface area contributed by atoms with Crippen LogP contribution in [0.5, 0.6) is 0 Å². The predicted octanol–water partition coefficient (Wildman–Crippen LogP) is 2.28. The Bertz CT molecular complexity index is 364. The Labute approximate surface area is 103 Å². The molecule has 1 N–H and O–H groups in total. The first-order chi connectivity index (χ1) is 7.68. The summed E-state index contributed by atoms with van der Waals surface area (Å²) in [5.41, 5.74) is 0.764. The molecule has 17 heavy (non-hydrogen) atoms. The second-order valence-corrected chi connectivity index (χ2v) is 4.69. The molecule has 0 amide bonds. The first kappa shape index (κ1) is 13.9. The van der Waals surface area contributed by atoms with Gasteiger partial charge in [-0.3, -0.25) is 9.48 Å². The van der Waals surface area contributed by atoms with Crippen molar-refractivity contribution in [1.82, 2.24) is 15.1 Å². The van der Waals surface area contributed by atoms with Crippen LogP contribution in [0.3, 0.4) is 0 Å². The lowest BCUT2D eigenvalue weighted by atomic mass is 9.91. The lowest BCUT2D eigenvalue weighted by Gasteiger charge is -2.20. The highest BCUT2D eigenvalue weighted by molar-refractivity contribution is 5.97. The van der Waals surface area contributed by atoms with Crippen molar-refractivity contribution in [3.63, 3.8) is 0 Å². The first-order valence-corrected chi connectivity index (χ1v) is 5.97. The average molecular weight is 237 g/mol. The maximum Gasteiger partial charge on any atom is 0.169 e. The summed E-state index contributed by atoms with van der Waals surface area (Å²) in [7, 11) is 0. The summed E-state index contributed by atoms with van der Waals surface area (Å²) >= 11 is 0. The number of carbonyl (C=O) groups excluding carboxylic acids is 1. The topological polar surface area (TPSA) is 46.9 Å².